The number of hydrogen-bond donors (Lipinski definition) is 2. The molecule has 1 saturated heterocycles. The van der Waals surface area contributed by atoms with Gasteiger partial charge in [0.1, 0.15) is 5.75 Å². The first-order valence-electron chi connectivity index (χ1n) is 12.1. The van der Waals surface area contributed by atoms with Crippen molar-refractivity contribution in [2.75, 3.05) is 38.1 Å². The summed E-state index contributed by atoms with van der Waals surface area (Å²) in [7, 11) is 0. The zero-order valence-corrected chi connectivity index (χ0v) is 21.1. The number of nitrogens with zero attached hydrogens (tertiary/aromatic N) is 2. The number of pyridine rings is 1. The van der Waals surface area contributed by atoms with Crippen molar-refractivity contribution in [3.05, 3.63) is 69.5 Å². The summed E-state index contributed by atoms with van der Waals surface area (Å²) in [5.41, 5.74) is 4.72. The number of aryl methyl sites for hydroxylation is 2. The number of aromatic nitrogens is 1. The zero-order valence-electron chi connectivity index (χ0n) is 20.3. The molecule has 0 unspecified atom stereocenters. The molecule has 1 fully saturated rings. The number of ether oxygens (including phenoxy) is 1. The molecule has 1 aromatic heterocycles. The van der Waals surface area contributed by atoms with Crippen LogP contribution < -0.4 is 15.6 Å². The summed E-state index contributed by atoms with van der Waals surface area (Å²) in [5.74, 6) is 0.797. The topological polar surface area (TPSA) is 60.6 Å². The Bertz CT molecular complexity index is 1220. The van der Waals surface area contributed by atoms with Crippen molar-refractivity contribution >= 4 is 33.9 Å². The Hall–Kier alpha value is -2.90. The molecule has 1 aliphatic heterocycles. The van der Waals surface area contributed by atoms with Gasteiger partial charge in [-0.15, -0.1) is 0 Å². The standard InChI is InChI=1S/C27H34N4O2S/c1-4-33-23-9-10-24-21(17-23)16-22(26(32)28-24)18-31(14-13-30-11-5-6-12-30)27(34)29-25-15-19(2)7-8-20(25)3/h7-10,15-17H,4-6,11-14,18H2,1-3H3,(H,28,32)(H,29,34). The molecule has 0 aliphatic carbocycles. The van der Waals surface area contributed by atoms with Crippen LogP contribution in [0.4, 0.5) is 5.69 Å². The Morgan fingerprint density at radius 3 is 2.71 bits per heavy atom. The van der Waals surface area contributed by atoms with Gasteiger partial charge in [0.05, 0.1) is 13.2 Å². The first-order chi connectivity index (χ1) is 16.4. The Kier molecular flexibility index (Phi) is 7.85. The quantitative estimate of drug-likeness (QED) is 0.452. The second-order valence-electron chi connectivity index (χ2n) is 9.02. The first kappa shape index (κ1) is 24.2. The predicted molar refractivity (Wildman–Crippen MR) is 144 cm³/mol. The van der Waals surface area contributed by atoms with Crippen molar-refractivity contribution in [3.8, 4) is 5.75 Å². The van der Waals surface area contributed by atoms with Crippen molar-refractivity contribution in [1.29, 1.82) is 0 Å². The lowest BCUT2D eigenvalue weighted by atomic mass is 10.1. The average Bonchev–Trinajstić information content (AvgIpc) is 3.33. The summed E-state index contributed by atoms with van der Waals surface area (Å²) in [4.78, 5) is 20.5. The van der Waals surface area contributed by atoms with Gasteiger partial charge in [0.25, 0.3) is 5.56 Å². The molecule has 4 rings (SSSR count). The predicted octanol–water partition coefficient (Wildman–Crippen LogP) is 4.84. The Labute approximate surface area is 206 Å². The van der Waals surface area contributed by atoms with Crippen molar-refractivity contribution < 1.29 is 4.74 Å². The normalized spacial score (nSPS) is 13.9. The summed E-state index contributed by atoms with van der Waals surface area (Å²) >= 11 is 5.86. The number of likely N-dealkylation sites (tertiary alicyclic amines) is 1. The Balaban J connectivity index is 1.59. The van der Waals surface area contributed by atoms with E-state index >= 15 is 0 Å². The highest BCUT2D eigenvalue weighted by atomic mass is 32.1. The van der Waals surface area contributed by atoms with E-state index in [1.807, 2.05) is 31.2 Å². The maximum atomic E-state index is 12.9. The van der Waals surface area contributed by atoms with Gasteiger partial charge >= 0.3 is 0 Å². The number of thiocarbonyl (C=S) groups is 1. The molecule has 0 atom stereocenters. The molecule has 7 heteroatoms. The number of benzene rings is 2. The van der Waals surface area contributed by atoms with Crippen molar-refractivity contribution in [2.45, 2.75) is 40.2 Å². The van der Waals surface area contributed by atoms with Crippen molar-refractivity contribution in [2.24, 2.45) is 0 Å². The first-order valence-corrected chi connectivity index (χ1v) is 12.5. The maximum Gasteiger partial charge on any atom is 0.253 e. The smallest absolute Gasteiger partial charge is 0.253 e. The van der Waals surface area contributed by atoms with Gasteiger partial charge in [-0.05, 0) is 100 Å². The number of nitrogens with one attached hydrogen (secondary N) is 2. The van der Waals surface area contributed by atoms with Gasteiger partial charge < -0.3 is 24.8 Å². The highest BCUT2D eigenvalue weighted by Crippen LogP contribution is 2.21. The van der Waals surface area contributed by atoms with E-state index < -0.39 is 0 Å². The lowest BCUT2D eigenvalue weighted by Gasteiger charge is -2.28. The SMILES string of the molecule is CCOc1ccc2[nH]c(=O)c(CN(CCN3CCCC3)C(=S)Nc3cc(C)ccc3C)cc2c1. The third kappa shape index (κ3) is 5.96. The second-order valence-corrected chi connectivity index (χ2v) is 9.41. The minimum atomic E-state index is -0.0858. The molecule has 0 spiro atoms. The molecule has 180 valence electrons. The van der Waals surface area contributed by atoms with Crippen molar-refractivity contribution in [1.82, 2.24) is 14.8 Å². The largest absolute Gasteiger partial charge is 0.494 e. The monoisotopic (exact) mass is 478 g/mol. The van der Waals surface area contributed by atoms with Gasteiger partial charge in [-0.25, -0.2) is 0 Å². The molecule has 2 N–H and O–H groups in total. The van der Waals surface area contributed by atoms with Crippen LogP contribution in [0.5, 0.6) is 5.75 Å². The number of rotatable bonds is 8. The highest BCUT2D eigenvalue weighted by molar-refractivity contribution is 7.80. The van der Waals surface area contributed by atoms with Gasteiger partial charge in [0.15, 0.2) is 5.11 Å². The minimum absolute atomic E-state index is 0.0858. The fourth-order valence-corrected chi connectivity index (χ4v) is 4.66. The molecule has 0 saturated carbocycles. The molecular formula is C27H34N4O2S. The number of H-pyrrole nitrogens is 1. The molecule has 3 aromatic rings. The molecule has 0 radical (unpaired) electrons. The van der Waals surface area contributed by atoms with E-state index in [1.54, 1.807) is 0 Å². The molecular weight excluding hydrogens is 444 g/mol. The number of hydrogen-bond acceptors (Lipinski definition) is 4. The lowest BCUT2D eigenvalue weighted by molar-refractivity contribution is 0.289. The van der Waals surface area contributed by atoms with Crippen LogP contribution in [-0.4, -0.2) is 52.7 Å². The molecule has 0 bridgehead atoms. The van der Waals surface area contributed by atoms with Gasteiger partial charge in [-0.2, -0.15) is 0 Å². The number of anilines is 1. The van der Waals surface area contributed by atoms with Gasteiger partial charge in [0.2, 0.25) is 0 Å². The zero-order chi connectivity index (χ0) is 24.1. The molecule has 2 aromatic carbocycles. The number of aromatic amines is 1. The minimum Gasteiger partial charge on any atom is -0.494 e. The molecule has 2 heterocycles. The molecule has 34 heavy (non-hydrogen) atoms. The van der Waals surface area contributed by atoms with E-state index in [9.17, 15) is 4.79 Å². The third-order valence-electron chi connectivity index (χ3n) is 6.37. The van der Waals surface area contributed by atoms with E-state index in [1.165, 1.54) is 18.4 Å². The second kappa shape index (κ2) is 11.0. The average molecular weight is 479 g/mol. The van der Waals surface area contributed by atoms with Gasteiger partial charge in [-0.3, -0.25) is 4.79 Å². The van der Waals surface area contributed by atoms with E-state index in [2.05, 4.69) is 52.1 Å². The summed E-state index contributed by atoms with van der Waals surface area (Å²) in [6.45, 7) is 11.1. The molecule has 1 aliphatic rings. The van der Waals surface area contributed by atoms with Gasteiger partial charge in [0, 0.05) is 35.2 Å². The summed E-state index contributed by atoms with van der Waals surface area (Å²) in [6.07, 6.45) is 2.50. The van der Waals surface area contributed by atoms with Crippen LogP contribution in [0, 0.1) is 13.8 Å². The van der Waals surface area contributed by atoms with Crippen LogP contribution >= 0.6 is 12.2 Å². The Morgan fingerprint density at radius 1 is 1.15 bits per heavy atom. The van der Waals surface area contributed by atoms with Crippen LogP contribution in [-0.2, 0) is 6.54 Å². The van der Waals surface area contributed by atoms with Gasteiger partial charge in [-0.1, -0.05) is 12.1 Å². The Morgan fingerprint density at radius 2 is 1.94 bits per heavy atom. The van der Waals surface area contributed by atoms with Crippen LogP contribution in [0.25, 0.3) is 10.9 Å². The van der Waals surface area contributed by atoms with Crippen LogP contribution in [0.15, 0.2) is 47.3 Å². The van der Waals surface area contributed by atoms with Crippen LogP contribution in [0.2, 0.25) is 0 Å². The summed E-state index contributed by atoms with van der Waals surface area (Å²) in [5, 5.41) is 5.02. The van der Waals surface area contributed by atoms with Crippen LogP contribution in [0.3, 0.4) is 0 Å². The van der Waals surface area contributed by atoms with Crippen LogP contribution in [0.1, 0.15) is 36.5 Å². The van der Waals surface area contributed by atoms with E-state index in [0.29, 0.717) is 23.8 Å². The van der Waals surface area contributed by atoms with Crippen molar-refractivity contribution in [3.63, 3.8) is 0 Å². The molecule has 0 amide bonds. The fraction of sp³-hybridized carbons (Fsp3) is 0.407. The van der Waals surface area contributed by atoms with E-state index in [4.69, 9.17) is 17.0 Å². The highest BCUT2D eigenvalue weighted by Gasteiger charge is 2.18. The fourth-order valence-electron chi connectivity index (χ4n) is 4.39. The molecule has 6 nitrogen and oxygen atoms in total. The van der Waals surface area contributed by atoms with E-state index in [0.717, 1.165) is 54.1 Å². The maximum absolute atomic E-state index is 12.9. The summed E-state index contributed by atoms with van der Waals surface area (Å²) < 4.78 is 5.65. The summed E-state index contributed by atoms with van der Waals surface area (Å²) in [6, 6.07) is 14.0. The lowest BCUT2D eigenvalue weighted by Crippen LogP contribution is -2.41. The van der Waals surface area contributed by atoms with E-state index in [-0.39, 0.29) is 5.56 Å². The third-order valence-corrected chi connectivity index (χ3v) is 6.73. The number of fused-ring (bicyclic) bond motifs is 1.